The van der Waals surface area contributed by atoms with Gasteiger partial charge in [0.1, 0.15) is 5.75 Å². The highest BCUT2D eigenvalue weighted by atomic mass is 32.1. The van der Waals surface area contributed by atoms with E-state index in [9.17, 15) is 14.7 Å². The first-order valence-corrected chi connectivity index (χ1v) is 12.9. The Balaban J connectivity index is 1.79. The van der Waals surface area contributed by atoms with Crippen LogP contribution in [-0.2, 0) is 16.8 Å². The zero-order valence-electron chi connectivity index (χ0n) is 21.6. The molecule has 6 nitrogen and oxygen atoms in total. The predicted octanol–water partition coefficient (Wildman–Crippen LogP) is 6.23. The number of nitrogens with zero attached hydrogens (tertiary/aromatic N) is 2. The third kappa shape index (κ3) is 4.93. The summed E-state index contributed by atoms with van der Waals surface area (Å²) in [6.45, 7) is 12.7. The lowest BCUT2D eigenvalue weighted by Crippen LogP contribution is -2.30. The lowest BCUT2D eigenvalue weighted by molar-refractivity contribution is -0.130. The summed E-state index contributed by atoms with van der Waals surface area (Å²) in [5.74, 6) is -0.725. The molecule has 36 heavy (non-hydrogen) atoms. The highest BCUT2D eigenvalue weighted by Gasteiger charge is 2.44. The van der Waals surface area contributed by atoms with Crippen LogP contribution in [0.15, 0.2) is 59.9 Å². The summed E-state index contributed by atoms with van der Waals surface area (Å²) < 4.78 is 5.63. The van der Waals surface area contributed by atoms with E-state index < -0.39 is 17.7 Å². The van der Waals surface area contributed by atoms with Crippen LogP contribution in [0, 0.1) is 13.8 Å². The first-order chi connectivity index (χ1) is 17.0. The van der Waals surface area contributed by atoms with Gasteiger partial charge in [0.2, 0.25) is 5.78 Å². The monoisotopic (exact) mass is 504 g/mol. The standard InChI is InChI=1S/C29H32N2O4S/c1-7-35-22-10-8-9-19(15-22)16-31-24(20-11-13-21(14-12-20)29(4,5)6)23(26(33)28(31)34)25(32)27-17(2)30-18(3)36-27/h8-15,24,33H,7,16H2,1-6H3. The molecule has 3 aromatic rings. The number of carbonyl (C=O) groups excluding carboxylic acids is 2. The fraction of sp³-hybridized carbons (Fsp3) is 0.345. The van der Waals surface area contributed by atoms with Gasteiger partial charge in [0.25, 0.3) is 5.91 Å². The van der Waals surface area contributed by atoms with Gasteiger partial charge in [-0.1, -0.05) is 57.2 Å². The molecule has 0 saturated heterocycles. The highest BCUT2D eigenvalue weighted by molar-refractivity contribution is 7.14. The number of aromatic nitrogens is 1. The summed E-state index contributed by atoms with van der Waals surface area (Å²) in [7, 11) is 0. The van der Waals surface area contributed by atoms with Gasteiger partial charge in [0.15, 0.2) is 5.76 Å². The maximum atomic E-state index is 13.7. The van der Waals surface area contributed by atoms with Gasteiger partial charge in [-0.3, -0.25) is 9.59 Å². The molecule has 0 saturated carbocycles. The van der Waals surface area contributed by atoms with Crippen LogP contribution in [0.25, 0.3) is 0 Å². The van der Waals surface area contributed by atoms with E-state index in [-0.39, 0.29) is 23.3 Å². The van der Waals surface area contributed by atoms with E-state index in [1.54, 1.807) is 11.8 Å². The van der Waals surface area contributed by atoms with E-state index in [4.69, 9.17) is 4.74 Å². The molecule has 0 bridgehead atoms. The minimum atomic E-state index is -0.725. The molecule has 1 atom stereocenters. The number of thiazole rings is 1. The van der Waals surface area contributed by atoms with Gasteiger partial charge in [-0.15, -0.1) is 11.3 Å². The topological polar surface area (TPSA) is 79.7 Å². The number of aliphatic hydroxyl groups excluding tert-OH is 1. The van der Waals surface area contributed by atoms with Crippen molar-refractivity contribution in [1.82, 2.24) is 9.88 Å². The van der Waals surface area contributed by atoms with Crippen LogP contribution < -0.4 is 4.74 Å². The van der Waals surface area contributed by atoms with Crippen molar-refractivity contribution in [2.24, 2.45) is 0 Å². The molecule has 1 N–H and O–H groups in total. The molecule has 4 rings (SSSR count). The van der Waals surface area contributed by atoms with Crippen molar-refractivity contribution in [2.75, 3.05) is 6.61 Å². The quantitative estimate of drug-likeness (QED) is 0.386. The van der Waals surface area contributed by atoms with Crippen LogP contribution in [0.2, 0.25) is 0 Å². The zero-order chi connectivity index (χ0) is 26.2. The van der Waals surface area contributed by atoms with E-state index in [2.05, 4.69) is 25.8 Å². The molecule has 0 fully saturated rings. The van der Waals surface area contributed by atoms with Gasteiger partial charge < -0.3 is 14.7 Å². The van der Waals surface area contributed by atoms with Crippen molar-refractivity contribution in [3.05, 3.63) is 92.1 Å². The van der Waals surface area contributed by atoms with Crippen LogP contribution in [0.4, 0.5) is 0 Å². The molecular weight excluding hydrogens is 472 g/mol. The highest BCUT2D eigenvalue weighted by Crippen LogP contribution is 2.41. The summed E-state index contributed by atoms with van der Waals surface area (Å²) in [4.78, 5) is 33.5. The number of hydrogen-bond donors (Lipinski definition) is 1. The fourth-order valence-corrected chi connectivity index (χ4v) is 5.40. The lowest BCUT2D eigenvalue weighted by atomic mass is 9.85. The van der Waals surface area contributed by atoms with Crippen molar-refractivity contribution < 1.29 is 19.4 Å². The van der Waals surface area contributed by atoms with Gasteiger partial charge in [0.05, 0.1) is 33.8 Å². The molecule has 0 radical (unpaired) electrons. The third-order valence-corrected chi connectivity index (χ3v) is 7.38. The Morgan fingerprint density at radius 2 is 1.83 bits per heavy atom. The van der Waals surface area contributed by atoms with E-state index in [1.165, 1.54) is 11.3 Å². The molecule has 1 aliphatic rings. The van der Waals surface area contributed by atoms with Gasteiger partial charge in [-0.05, 0) is 55.0 Å². The Morgan fingerprint density at radius 1 is 1.14 bits per heavy atom. The molecule has 1 aliphatic heterocycles. The predicted molar refractivity (Wildman–Crippen MR) is 142 cm³/mol. The fourth-order valence-electron chi connectivity index (χ4n) is 4.52. The van der Waals surface area contributed by atoms with E-state index in [1.807, 2.05) is 62.4 Å². The minimum Gasteiger partial charge on any atom is -0.503 e. The van der Waals surface area contributed by atoms with E-state index in [0.29, 0.717) is 22.9 Å². The average Bonchev–Trinajstić information content (AvgIpc) is 3.29. The molecule has 1 amide bonds. The lowest BCUT2D eigenvalue weighted by Gasteiger charge is -2.28. The van der Waals surface area contributed by atoms with E-state index in [0.717, 1.165) is 21.7 Å². The number of rotatable bonds is 7. The average molecular weight is 505 g/mol. The zero-order valence-corrected chi connectivity index (χ0v) is 22.4. The van der Waals surface area contributed by atoms with Crippen molar-refractivity contribution in [3.8, 4) is 5.75 Å². The van der Waals surface area contributed by atoms with Crippen LogP contribution in [0.5, 0.6) is 5.75 Å². The summed E-state index contributed by atoms with van der Waals surface area (Å²) in [6.07, 6.45) is 0. The molecule has 0 spiro atoms. The largest absolute Gasteiger partial charge is 0.503 e. The summed E-state index contributed by atoms with van der Waals surface area (Å²) in [6, 6.07) is 14.7. The van der Waals surface area contributed by atoms with Crippen molar-refractivity contribution in [1.29, 1.82) is 0 Å². The smallest absolute Gasteiger partial charge is 0.290 e. The number of benzene rings is 2. The van der Waals surface area contributed by atoms with Crippen LogP contribution in [-0.4, -0.2) is 33.3 Å². The SMILES string of the molecule is CCOc1cccc(CN2C(=O)C(O)=C(C(=O)c3sc(C)nc3C)C2c2ccc(C(C)(C)C)cc2)c1. The number of amides is 1. The number of hydrogen-bond acceptors (Lipinski definition) is 6. The van der Waals surface area contributed by atoms with Gasteiger partial charge in [-0.25, -0.2) is 4.98 Å². The second kappa shape index (κ2) is 9.90. The Bertz CT molecular complexity index is 1330. The Labute approximate surface area is 216 Å². The van der Waals surface area contributed by atoms with Crippen LogP contribution in [0.3, 0.4) is 0 Å². The molecule has 2 aromatic carbocycles. The first-order valence-electron chi connectivity index (χ1n) is 12.1. The number of ether oxygens (including phenoxy) is 1. The number of ketones is 1. The molecular formula is C29H32N2O4S. The number of aryl methyl sites for hydroxylation is 2. The maximum Gasteiger partial charge on any atom is 0.290 e. The molecule has 1 unspecified atom stereocenters. The second-order valence-corrected chi connectivity index (χ2v) is 11.2. The third-order valence-electron chi connectivity index (χ3n) is 6.31. The molecule has 1 aromatic heterocycles. The Morgan fingerprint density at radius 3 is 2.42 bits per heavy atom. The van der Waals surface area contributed by atoms with Crippen molar-refractivity contribution >= 4 is 23.0 Å². The Kier molecular flexibility index (Phi) is 7.05. The summed E-state index contributed by atoms with van der Waals surface area (Å²) >= 11 is 1.28. The van der Waals surface area contributed by atoms with Gasteiger partial charge in [-0.2, -0.15) is 0 Å². The number of carbonyl (C=O) groups is 2. The number of aliphatic hydroxyl groups is 1. The molecule has 7 heteroatoms. The van der Waals surface area contributed by atoms with Gasteiger partial charge >= 0.3 is 0 Å². The minimum absolute atomic E-state index is 0.0443. The van der Waals surface area contributed by atoms with Crippen molar-refractivity contribution in [3.63, 3.8) is 0 Å². The molecule has 2 heterocycles. The van der Waals surface area contributed by atoms with Crippen molar-refractivity contribution in [2.45, 2.75) is 59.5 Å². The summed E-state index contributed by atoms with van der Waals surface area (Å²) in [5, 5.41) is 11.8. The second-order valence-electron chi connectivity index (χ2n) is 10.0. The van der Waals surface area contributed by atoms with Crippen LogP contribution in [0.1, 0.15) is 70.8 Å². The molecule has 188 valence electrons. The first kappa shape index (κ1) is 25.6. The summed E-state index contributed by atoms with van der Waals surface area (Å²) in [5.41, 5.74) is 3.40. The normalized spacial score (nSPS) is 16.1. The van der Waals surface area contributed by atoms with E-state index >= 15 is 0 Å². The maximum absolute atomic E-state index is 13.7. The number of Topliss-reactive ketones (excluding diaryl/α,β-unsaturated/α-hetero) is 1. The van der Waals surface area contributed by atoms with Gasteiger partial charge in [0, 0.05) is 6.54 Å². The Hall–Kier alpha value is -3.45. The van der Waals surface area contributed by atoms with Crippen LogP contribution >= 0.6 is 11.3 Å². The molecule has 0 aliphatic carbocycles.